The van der Waals surface area contributed by atoms with Crippen LogP contribution in [-0.4, -0.2) is 5.11 Å². The molecule has 0 aliphatic heterocycles. The highest BCUT2D eigenvalue weighted by molar-refractivity contribution is 6.33. The number of phenols is 1. The third-order valence-electron chi connectivity index (χ3n) is 2.20. The Morgan fingerprint density at radius 3 is 2.41 bits per heavy atom. The second-order valence-corrected chi connectivity index (χ2v) is 3.91. The highest BCUT2D eigenvalue weighted by Gasteiger charge is 2.05. The highest BCUT2D eigenvalue weighted by atomic mass is 35.5. The number of aromatic hydroxyl groups is 1. The second kappa shape index (κ2) is 4.43. The number of hydrogen-bond acceptors (Lipinski definition) is 4. The van der Waals surface area contributed by atoms with Crippen LogP contribution >= 0.6 is 11.6 Å². The molecule has 17 heavy (non-hydrogen) atoms. The van der Waals surface area contributed by atoms with Gasteiger partial charge in [0, 0.05) is 12.1 Å². The van der Waals surface area contributed by atoms with Crippen molar-refractivity contribution in [3.63, 3.8) is 0 Å². The van der Waals surface area contributed by atoms with E-state index in [-0.39, 0.29) is 5.75 Å². The lowest BCUT2D eigenvalue weighted by molar-refractivity contribution is 0.456. The van der Waals surface area contributed by atoms with Gasteiger partial charge in [0.05, 0.1) is 16.4 Å². The number of phenolic OH excluding ortho intramolecular Hbond substituents is 1. The molecule has 0 unspecified atom stereocenters. The molecule has 0 aliphatic rings. The van der Waals surface area contributed by atoms with E-state index in [1.807, 2.05) is 0 Å². The Hall–Kier alpha value is -2.07. The van der Waals surface area contributed by atoms with Crippen molar-refractivity contribution in [1.29, 1.82) is 0 Å². The Labute approximate surface area is 103 Å². The second-order valence-electron chi connectivity index (χ2n) is 3.51. The maximum Gasteiger partial charge on any atom is 0.153 e. The minimum Gasteiger partial charge on any atom is -0.508 e. The average Bonchev–Trinajstić information content (AvgIpc) is 2.29. The lowest BCUT2D eigenvalue weighted by Gasteiger charge is -2.09. The molecule has 5 heteroatoms. The van der Waals surface area contributed by atoms with Gasteiger partial charge in [-0.25, -0.2) is 0 Å². The summed E-state index contributed by atoms with van der Waals surface area (Å²) in [6, 6.07) is 9.36. The van der Waals surface area contributed by atoms with Gasteiger partial charge in [0.15, 0.2) is 5.75 Å². The summed E-state index contributed by atoms with van der Waals surface area (Å²) in [7, 11) is 0. The van der Waals surface area contributed by atoms with Gasteiger partial charge in [0.25, 0.3) is 0 Å². The van der Waals surface area contributed by atoms with Crippen molar-refractivity contribution in [3.8, 4) is 17.2 Å². The van der Waals surface area contributed by atoms with E-state index < -0.39 is 0 Å². The molecule has 0 heterocycles. The van der Waals surface area contributed by atoms with E-state index in [2.05, 4.69) is 0 Å². The third kappa shape index (κ3) is 2.54. The van der Waals surface area contributed by atoms with Crippen molar-refractivity contribution in [2.75, 3.05) is 11.5 Å². The van der Waals surface area contributed by atoms with Gasteiger partial charge in [0.2, 0.25) is 0 Å². The van der Waals surface area contributed by atoms with Gasteiger partial charge in [0.1, 0.15) is 11.5 Å². The number of nitrogen functional groups attached to an aromatic ring is 2. The zero-order valence-electron chi connectivity index (χ0n) is 8.85. The van der Waals surface area contributed by atoms with Gasteiger partial charge < -0.3 is 21.3 Å². The summed E-state index contributed by atoms with van der Waals surface area (Å²) < 4.78 is 5.50. The van der Waals surface area contributed by atoms with E-state index in [1.165, 1.54) is 12.1 Å². The third-order valence-corrected chi connectivity index (χ3v) is 2.52. The van der Waals surface area contributed by atoms with E-state index in [1.54, 1.807) is 24.3 Å². The zero-order valence-corrected chi connectivity index (χ0v) is 9.61. The Morgan fingerprint density at radius 1 is 1.00 bits per heavy atom. The predicted molar refractivity (Wildman–Crippen MR) is 68.5 cm³/mol. The van der Waals surface area contributed by atoms with E-state index >= 15 is 0 Å². The number of hydrogen-bond donors (Lipinski definition) is 3. The van der Waals surface area contributed by atoms with Crippen molar-refractivity contribution in [2.24, 2.45) is 0 Å². The van der Waals surface area contributed by atoms with Crippen LogP contribution in [0.5, 0.6) is 17.2 Å². The molecule has 2 aromatic carbocycles. The van der Waals surface area contributed by atoms with E-state index in [9.17, 15) is 5.11 Å². The standard InChI is InChI=1S/C12H11ClN2O2/c13-9-6-8(2-4-10(9)14)17-12-5-7(16)1-3-11(12)15/h1-6,16H,14-15H2. The van der Waals surface area contributed by atoms with Crippen molar-refractivity contribution in [1.82, 2.24) is 0 Å². The number of anilines is 2. The first-order valence-corrected chi connectivity index (χ1v) is 5.25. The minimum absolute atomic E-state index is 0.0794. The molecule has 0 atom stereocenters. The van der Waals surface area contributed by atoms with Crippen LogP contribution in [0.4, 0.5) is 11.4 Å². The molecule has 88 valence electrons. The van der Waals surface area contributed by atoms with Crippen LogP contribution in [0, 0.1) is 0 Å². The summed E-state index contributed by atoms with van der Waals surface area (Å²) in [6.45, 7) is 0. The fraction of sp³-hybridized carbons (Fsp3) is 0. The molecule has 2 aromatic rings. The average molecular weight is 251 g/mol. The molecule has 0 fully saturated rings. The molecule has 0 saturated carbocycles. The Bertz CT molecular complexity index is 558. The first-order valence-electron chi connectivity index (χ1n) is 4.87. The summed E-state index contributed by atoms with van der Waals surface area (Å²) in [5, 5.41) is 9.74. The molecule has 5 N–H and O–H groups in total. The topological polar surface area (TPSA) is 81.5 Å². The summed E-state index contributed by atoms with van der Waals surface area (Å²) in [5.41, 5.74) is 12.2. The van der Waals surface area contributed by atoms with Crippen molar-refractivity contribution >= 4 is 23.0 Å². The lowest BCUT2D eigenvalue weighted by atomic mass is 10.2. The molecule has 2 rings (SSSR count). The summed E-state index contributed by atoms with van der Waals surface area (Å²) in [4.78, 5) is 0. The van der Waals surface area contributed by atoms with Crippen molar-refractivity contribution in [2.45, 2.75) is 0 Å². The smallest absolute Gasteiger partial charge is 0.153 e. The molecular formula is C12H11ClN2O2. The molecular weight excluding hydrogens is 240 g/mol. The monoisotopic (exact) mass is 250 g/mol. The van der Waals surface area contributed by atoms with E-state index in [0.717, 1.165) is 0 Å². The van der Waals surface area contributed by atoms with Gasteiger partial charge in [-0.1, -0.05) is 11.6 Å². The number of benzene rings is 2. The molecule has 0 saturated heterocycles. The highest BCUT2D eigenvalue weighted by Crippen LogP contribution is 2.32. The normalized spacial score (nSPS) is 10.2. The predicted octanol–water partition coefficient (Wildman–Crippen LogP) is 3.00. The first-order chi connectivity index (χ1) is 8.06. The maximum absolute atomic E-state index is 9.33. The van der Waals surface area contributed by atoms with Gasteiger partial charge in [-0.2, -0.15) is 0 Å². The molecule has 0 amide bonds. The van der Waals surface area contributed by atoms with E-state index in [4.69, 9.17) is 27.8 Å². The summed E-state index contributed by atoms with van der Waals surface area (Å²) >= 11 is 5.87. The molecule has 0 spiro atoms. The summed E-state index contributed by atoms with van der Waals surface area (Å²) in [6.07, 6.45) is 0. The Kier molecular flexibility index (Phi) is 2.97. The van der Waals surface area contributed by atoms with Crippen molar-refractivity contribution in [3.05, 3.63) is 41.4 Å². The number of halogens is 1. The Balaban J connectivity index is 2.31. The van der Waals surface area contributed by atoms with Crippen LogP contribution in [0.3, 0.4) is 0 Å². The molecule has 0 bridgehead atoms. The zero-order chi connectivity index (χ0) is 12.4. The fourth-order valence-corrected chi connectivity index (χ4v) is 1.48. The van der Waals surface area contributed by atoms with Crippen LogP contribution in [0.25, 0.3) is 0 Å². The van der Waals surface area contributed by atoms with Crippen LogP contribution in [-0.2, 0) is 0 Å². The molecule has 0 aromatic heterocycles. The van der Waals surface area contributed by atoms with Crippen LogP contribution in [0.15, 0.2) is 36.4 Å². The van der Waals surface area contributed by atoms with Crippen molar-refractivity contribution < 1.29 is 9.84 Å². The maximum atomic E-state index is 9.33. The first kappa shape index (κ1) is 11.4. The van der Waals surface area contributed by atoms with Crippen LogP contribution < -0.4 is 16.2 Å². The number of nitrogens with two attached hydrogens (primary N) is 2. The summed E-state index contributed by atoms with van der Waals surface area (Å²) in [5.74, 6) is 0.947. The SMILES string of the molecule is Nc1ccc(Oc2cc(O)ccc2N)cc1Cl. The minimum atomic E-state index is 0.0794. The van der Waals surface area contributed by atoms with Gasteiger partial charge in [-0.15, -0.1) is 0 Å². The van der Waals surface area contributed by atoms with Crippen LogP contribution in [0.2, 0.25) is 5.02 Å². The molecule has 0 radical (unpaired) electrons. The van der Waals surface area contributed by atoms with Crippen LogP contribution in [0.1, 0.15) is 0 Å². The quantitative estimate of drug-likeness (QED) is 0.565. The van der Waals surface area contributed by atoms with Gasteiger partial charge in [-0.05, 0) is 24.3 Å². The Morgan fingerprint density at radius 2 is 1.71 bits per heavy atom. The van der Waals surface area contributed by atoms with Gasteiger partial charge in [-0.3, -0.25) is 0 Å². The fourth-order valence-electron chi connectivity index (χ4n) is 1.31. The molecule has 4 nitrogen and oxygen atoms in total. The molecule has 0 aliphatic carbocycles. The largest absolute Gasteiger partial charge is 0.508 e. The number of rotatable bonds is 2. The number of ether oxygens (including phenoxy) is 1. The van der Waals surface area contributed by atoms with Gasteiger partial charge >= 0.3 is 0 Å². The lowest BCUT2D eigenvalue weighted by Crippen LogP contribution is -1.92. The van der Waals surface area contributed by atoms with E-state index in [0.29, 0.717) is 27.9 Å².